The summed E-state index contributed by atoms with van der Waals surface area (Å²) in [5.41, 5.74) is 5.69. The normalized spacial score (nSPS) is 10.9. The van der Waals surface area contributed by atoms with E-state index in [1.165, 1.54) is 6.92 Å². The highest BCUT2D eigenvalue weighted by Gasteiger charge is 2.16. The van der Waals surface area contributed by atoms with Crippen LogP contribution in [0.2, 0.25) is 10.0 Å². The molecule has 0 aliphatic heterocycles. The molecule has 0 aliphatic rings. The highest BCUT2D eigenvalue weighted by atomic mass is 35.5. The fourth-order valence-corrected chi connectivity index (χ4v) is 1.40. The molecule has 0 saturated heterocycles. The summed E-state index contributed by atoms with van der Waals surface area (Å²) in [6.07, 6.45) is -2.59. The smallest absolute Gasteiger partial charge is 0.264 e. The number of nitrogens with two attached hydrogens (primary N) is 1. The summed E-state index contributed by atoms with van der Waals surface area (Å²) < 4.78 is 24.7. The molecular formula is C8H7Cl2F2N. The van der Waals surface area contributed by atoms with Crippen molar-refractivity contribution in [2.75, 3.05) is 5.73 Å². The number of nitrogen functional groups attached to an aromatic ring is 1. The second kappa shape index (κ2) is 3.68. The van der Waals surface area contributed by atoms with E-state index in [1.807, 2.05) is 0 Å². The molecule has 0 aliphatic carbocycles. The average molecular weight is 226 g/mol. The van der Waals surface area contributed by atoms with Crippen molar-refractivity contribution in [1.82, 2.24) is 0 Å². The van der Waals surface area contributed by atoms with Crippen LogP contribution in [-0.4, -0.2) is 0 Å². The van der Waals surface area contributed by atoms with Crippen LogP contribution in [0.4, 0.5) is 14.5 Å². The van der Waals surface area contributed by atoms with E-state index < -0.39 is 6.43 Å². The summed E-state index contributed by atoms with van der Waals surface area (Å²) in [6, 6.07) is 1.14. The Hall–Kier alpha value is -0.540. The molecule has 0 atom stereocenters. The van der Waals surface area contributed by atoms with Gasteiger partial charge in [-0.1, -0.05) is 23.2 Å². The SMILES string of the molecule is Cc1c(C(F)F)cc(Cl)c(Cl)c1N. The lowest BCUT2D eigenvalue weighted by atomic mass is 10.1. The third kappa shape index (κ3) is 1.86. The monoisotopic (exact) mass is 225 g/mol. The Morgan fingerprint density at radius 3 is 2.38 bits per heavy atom. The highest BCUT2D eigenvalue weighted by molar-refractivity contribution is 6.43. The van der Waals surface area contributed by atoms with Gasteiger partial charge in [0.25, 0.3) is 6.43 Å². The van der Waals surface area contributed by atoms with Crippen LogP contribution < -0.4 is 5.73 Å². The molecule has 0 saturated carbocycles. The highest BCUT2D eigenvalue weighted by Crippen LogP contribution is 2.36. The summed E-state index contributed by atoms with van der Waals surface area (Å²) in [4.78, 5) is 0. The maximum absolute atomic E-state index is 12.4. The molecule has 0 spiro atoms. The van der Waals surface area contributed by atoms with Gasteiger partial charge < -0.3 is 5.73 Å². The second-order valence-corrected chi connectivity index (χ2v) is 3.39. The van der Waals surface area contributed by atoms with E-state index in [4.69, 9.17) is 28.9 Å². The Labute approximate surface area is 84.4 Å². The zero-order valence-electron chi connectivity index (χ0n) is 6.74. The first-order valence-electron chi connectivity index (χ1n) is 3.47. The van der Waals surface area contributed by atoms with Crippen LogP contribution in [0, 0.1) is 6.92 Å². The summed E-state index contributed by atoms with van der Waals surface area (Å²) in [5, 5.41) is 0.184. The fourth-order valence-electron chi connectivity index (χ4n) is 0.984. The van der Waals surface area contributed by atoms with E-state index in [0.717, 1.165) is 6.07 Å². The van der Waals surface area contributed by atoms with Crippen molar-refractivity contribution in [3.8, 4) is 0 Å². The molecule has 0 radical (unpaired) electrons. The molecule has 5 heteroatoms. The van der Waals surface area contributed by atoms with Gasteiger partial charge in [0.15, 0.2) is 0 Å². The third-order valence-corrected chi connectivity index (χ3v) is 2.60. The molecule has 72 valence electrons. The van der Waals surface area contributed by atoms with Gasteiger partial charge in [0.1, 0.15) is 0 Å². The molecule has 1 nitrogen and oxygen atoms in total. The molecule has 1 aromatic rings. The van der Waals surface area contributed by atoms with Gasteiger partial charge in [-0.2, -0.15) is 0 Å². The summed E-state index contributed by atoms with van der Waals surface area (Å²) in [5.74, 6) is 0. The Bertz CT molecular complexity index is 339. The molecule has 0 fully saturated rings. The minimum absolute atomic E-state index is 0.0556. The van der Waals surface area contributed by atoms with Gasteiger partial charge in [0.05, 0.1) is 15.7 Å². The van der Waals surface area contributed by atoms with Crippen LogP contribution in [0.25, 0.3) is 0 Å². The number of hydrogen-bond donors (Lipinski definition) is 1. The fraction of sp³-hybridized carbons (Fsp3) is 0.250. The maximum atomic E-state index is 12.4. The quantitative estimate of drug-likeness (QED) is 0.723. The van der Waals surface area contributed by atoms with E-state index in [2.05, 4.69) is 0 Å². The number of benzene rings is 1. The number of anilines is 1. The largest absolute Gasteiger partial charge is 0.397 e. The standard InChI is InChI=1S/C8H7Cl2F2N/c1-3-4(8(11)12)2-5(9)6(10)7(3)13/h2,8H,13H2,1H3. The van der Waals surface area contributed by atoms with Crippen molar-refractivity contribution in [2.45, 2.75) is 13.3 Å². The van der Waals surface area contributed by atoms with Crippen LogP contribution in [-0.2, 0) is 0 Å². The first-order valence-corrected chi connectivity index (χ1v) is 4.23. The van der Waals surface area contributed by atoms with Crippen molar-refractivity contribution in [3.05, 3.63) is 27.2 Å². The second-order valence-electron chi connectivity index (χ2n) is 2.60. The Balaban J connectivity index is 3.41. The molecule has 0 amide bonds. The van der Waals surface area contributed by atoms with Crippen molar-refractivity contribution in [3.63, 3.8) is 0 Å². The summed E-state index contributed by atoms with van der Waals surface area (Å²) in [6.45, 7) is 1.49. The molecule has 0 aromatic heterocycles. The molecule has 0 unspecified atom stereocenters. The lowest BCUT2D eigenvalue weighted by Crippen LogP contribution is -1.97. The van der Waals surface area contributed by atoms with Crippen molar-refractivity contribution >= 4 is 28.9 Å². The van der Waals surface area contributed by atoms with Crippen molar-refractivity contribution in [1.29, 1.82) is 0 Å². The minimum Gasteiger partial charge on any atom is -0.397 e. The van der Waals surface area contributed by atoms with Crippen LogP contribution in [0.1, 0.15) is 17.6 Å². The Morgan fingerprint density at radius 2 is 1.92 bits per heavy atom. The van der Waals surface area contributed by atoms with Crippen LogP contribution in [0.5, 0.6) is 0 Å². The molecule has 1 aromatic carbocycles. The topological polar surface area (TPSA) is 26.0 Å². The molecule has 2 N–H and O–H groups in total. The molecule has 13 heavy (non-hydrogen) atoms. The van der Waals surface area contributed by atoms with Gasteiger partial charge in [-0.25, -0.2) is 8.78 Å². The minimum atomic E-state index is -2.59. The number of halogens is 4. The average Bonchev–Trinajstić information content (AvgIpc) is 2.07. The summed E-state index contributed by atoms with van der Waals surface area (Å²) in [7, 11) is 0. The van der Waals surface area contributed by atoms with E-state index in [9.17, 15) is 8.78 Å². The zero-order chi connectivity index (χ0) is 10.2. The lowest BCUT2D eigenvalue weighted by Gasteiger charge is -2.10. The predicted molar refractivity (Wildman–Crippen MR) is 50.6 cm³/mol. The van der Waals surface area contributed by atoms with Gasteiger partial charge in [-0.05, 0) is 18.6 Å². The number of alkyl halides is 2. The van der Waals surface area contributed by atoms with Gasteiger partial charge in [0, 0.05) is 5.56 Å². The Kier molecular flexibility index (Phi) is 2.98. The zero-order valence-corrected chi connectivity index (χ0v) is 8.26. The van der Waals surface area contributed by atoms with Crippen molar-refractivity contribution in [2.24, 2.45) is 0 Å². The first kappa shape index (κ1) is 10.5. The number of hydrogen-bond acceptors (Lipinski definition) is 1. The molecular weight excluding hydrogens is 219 g/mol. The van der Waals surface area contributed by atoms with Gasteiger partial charge in [-0.15, -0.1) is 0 Å². The van der Waals surface area contributed by atoms with Crippen molar-refractivity contribution < 1.29 is 8.78 Å². The molecule has 1 rings (SSSR count). The Morgan fingerprint density at radius 1 is 1.38 bits per heavy atom. The van der Waals surface area contributed by atoms with Gasteiger partial charge >= 0.3 is 0 Å². The van der Waals surface area contributed by atoms with Crippen LogP contribution >= 0.6 is 23.2 Å². The van der Waals surface area contributed by atoms with Gasteiger partial charge in [-0.3, -0.25) is 0 Å². The van der Waals surface area contributed by atoms with Crippen LogP contribution in [0.3, 0.4) is 0 Å². The molecule has 0 heterocycles. The maximum Gasteiger partial charge on any atom is 0.264 e. The van der Waals surface area contributed by atoms with E-state index >= 15 is 0 Å². The predicted octanol–water partition coefficient (Wildman–Crippen LogP) is 3.82. The molecule has 0 bridgehead atoms. The first-order chi connectivity index (χ1) is 5.95. The number of rotatable bonds is 1. The van der Waals surface area contributed by atoms with E-state index in [1.54, 1.807) is 0 Å². The van der Waals surface area contributed by atoms with Gasteiger partial charge in [0.2, 0.25) is 0 Å². The van der Waals surface area contributed by atoms with E-state index in [0.29, 0.717) is 0 Å². The van der Waals surface area contributed by atoms with E-state index in [-0.39, 0.29) is 26.9 Å². The lowest BCUT2D eigenvalue weighted by molar-refractivity contribution is 0.150. The van der Waals surface area contributed by atoms with Crippen LogP contribution in [0.15, 0.2) is 6.07 Å². The summed E-state index contributed by atoms with van der Waals surface area (Å²) >= 11 is 11.2. The third-order valence-electron chi connectivity index (χ3n) is 1.80.